The number of carboxylic acid groups (broad SMARTS) is 1. The van der Waals surface area contributed by atoms with Crippen LogP contribution >= 0.6 is 11.3 Å². The maximum absolute atomic E-state index is 12.7. The molecule has 1 N–H and O–H groups in total. The van der Waals surface area contributed by atoms with Gasteiger partial charge in [0.2, 0.25) is 5.43 Å². The minimum Gasteiger partial charge on any atom is -0.495 e. The maximum Gasteiger partial charge on any atom is 0.341 e. The predicted octanol–water partition coefficient (Wildman–Crippen LogP) is 3.18. The molecule has 2 aromatic carbocycles. The number of carbonyl (C=O) groups is 1. The summed E-state index contributed by atoms with van der Waals surface area (Å²) in [5, 5.41) is 10.7. The van der Waals surface area contributed by atoms with Crippen molar-refractivity contribution in [1.82, 2.24) is 9.55 Å². The number of para-hydroxylation sites is 1. The van der Waals surface area contributed by atoms with Crippen molar-refractivity contribution >= 4 is 49.2 Å². The van der Waals surface area contributed by atoms with Gasteiger partial charge in [0.25, 0.3) is 0 Å². The predicted molar refractivity (Wildman–Crippen MR) is 127 cm³/mol. The van der Waals surface area contributed by atoms with E-state index in [2.05, 4.69) is 15.9 Å². The van der Waals surface area contributed by atoms with Crippen molar-refractivity contribution in [1.29, 1.82) is 0 Å². The Balaban J connectivity index is 1.46. The van der Waals surface area contributed by atoms with Crippen molar-refractivity contribution in [2.24, 2.45) is 7.05 Å². The van der Waals surface area contributed by atoms with Gasteiger partial charge < -0.3 is 24.2 Å². The van der Waals surface area contributed by atoms with Gasteiger partial charge in [0.15, 0.2) is 5.13 Å². The molecule has 0 aliphatic carbocycles. The number of hydrogen-bond acceptors (Lipinski definition) is 7. The molecule has 3 heterocycles. The van der Waals surface area contributed by atoms with E-state index in [9.17, 15) is 14.7 Å². The second-order valence-electron chi connectivity index (χ2n) is 7.77. The minimum atomic E-state index is -1.23. The first-order valence-electron chi connectivity index (χ1n) is 10.3. The number of anilines is 2. The number of benzene rings is 2. The van der Waals surface area contributed by atoms with Crippen LogP contribution in [-0.4, -0.2) is 53.9 Å². The third-order valence-electron chi connectivity index (χ3n) is 5.89. The van der Waals surface area contributed by atoms with Crippen LogP contribution in [0, 0.1) is 0 Å². The van der Waals surface area contributed by atoms with E-state index < -0.39 is 11.4 Å². The topological polar surface area (TPSA) is 87.9 Å². The lowest BCUT2D eigenvalue weighted by molar-refractivity contribution is 0.0695. The van der Waals surface area contributed by atoms with E-state index in [1.807, 2.05) is 24.3 Å². The van der Waals surface area contributed by atoms with Crippen molar-refractivity contribution < 1.29 is 14.6 Å². The normalized spacial score (nSPS) is 14.3. The Hall–Kier alpha value is -3.59. The molecule has 0 saturated carbocycles. The molecule has 0 amide bonds. The van der Waals surface area contributed by atoms with Gasteiger partial charge in [-0.3, -0.25) is 4.79 Å². The molecule has 1 aliphatic rings. The van der Waals surface area contributed by atoms with Gasteiger partial charge in [-0.05, 0) is 24.3 Å². The maximum atomic E-state index is 12.7. The lowest BCUT2D eigenvalue weighted by Gasteiger charge is -2.36. The average Bonchev–Trinajstić information content (AvgIpc) is 3.25. The van der Waals surface area contributed by atoms with E-state index in [0.717, 1.165) is 42.5 Å². The summed E-state index contributed by atoms with van der Waals surface area (Å²) in [7, 11) is 3.31. The van der Waals surface area contributed by atoms with Gasteiger partial charge in [0, 0.05) is 39.4 Å². The number of aromatic carboxylic acids is 1. The van der Waals surface area contributed by atoms with Crippen molar-refractivity contribution in [3.63, 3.8) is 0 Å². The number of thiazole rings is 1. The Kier molecular flexibility index (Phi) is 4.97. The summed E-state index contributed by atoms with van der Waals surface area (Å²) in [6.07, 6.45) is 1.37. The quantitative estimate of drug-likeness (QED) is 0.511. The summed E-state index contributed by atoms with van der Waals surface area (Å²) >= 11 is 1.70. The fraction of sp³-hybridized carbons (Fsp3) is 0.261. The fourth-order valence-corrected chi connectivity index (χ4v) is 5.21. The zero-order valence-corrected chi connectivity index (χ0v) is 18.6. The van der Waals surface area contributed by atoms with E-state index in [0.29, 0.717) is 16.7 Å². The number of hydrogen-bond donors (Lipinski definition) is 1. The van der Waals surface area contributed by atoms with Crippen LogP contribution in [0.25, 0.3) is 21.1 Å². The first-order chi connectivity index (χ1) is 15.5. The highest BCUT2D eigenvalue weighted by Crippen LogP contribution is 2.34. The number of fused-ring (bicyclic) bond motifs is 2. The molecule has 0 bridgehead atoms. The van der Waals surface area contributed by atoms with Gasteiger partial charge >= 0.3 is 5.97 Å². The Labute approximate surface area is 187 Å². The highest BCUT2D eigenvalue weighted by Gasteiger charge is 2.24. The lowest BCUT2D eigenvalue weighted by Crippen LogP contribution is -2.46. The molecular formula is C23H22N4O4S. The molecule has 2 aromatic heterocycles. The highest BCUT2D eigenvalue weighted by molar-refractivity contribution is 7.22. The first-order valence-corrected chi connectivity index (χ1v) is 11.1. The van der Waals surface area contributed by atoms with Crippen molar-refractivity contribution in [2.75, 3.05) is 43.1 Å². The van der Waals surface area contributed by atoms with Crippen LogP contribution in [0.1, 0.15) is 10.4 Å². The molecule has 5 rings (SSSR count). The van der Waals surface area contributed by atoms with Crippen LogP contribution in [0.4, 0.5) is 10.8 Å². The summed E-state index contributed by atoms with van der Waals surface area (Å²) in [6, 6.07) is 11.7. The molecule has 164 valence electrons. The summed E-state index contributed by atoms with van der Waals surface area (Å²) in [6.45, 7) is 3.19. The van der Waals surface area contributed by atoms with Gasteiger partial charge in [0.1, 0.15) is 11.3 Å². The number of rotatable bonds is 4. The number of nitrogens with zero attached hydrogens (tertiary/aromatic N) is 4. The molecule has 0 radical (unpaired) electrons. The summed E-state index contributed by atoms with van der Waals surface area (Å²) < 4.78 is 8.46. The van der Waals surface area contributed by atoms with Crippen LogP contribution in [0.2, 0.25) is 0 Å². The highest BCUT2D eigenvalue weighted by atomic mass is 32.1. The van der Waals surface area contributed by atoms with Gasteiger partial charge in [-0.25, -0.2) is 9.78 Å². The molecule has 4 aromatic rings. The molecule has 0 spiro atoms. The Morgan fingerprint density at radius 1 is 1.12 bits per heavy atom. The molecule has 0 unspecified atom stereocenters. The average molecular weight is 451 g/mol. The molecular weight excluding hydrogens is 428 g/mol. The van der Waals surface area contributed by atoms with Gasteiger partial charge in [0.05, 0.1) is 33.9 Å². The Bertz CT molecular complexity index is 1370. The van der Waals surface area contributed by atoms with Crippen LogP contribution < -0.4 is 20.0 Å². The van der Waals surface area contributed by atoms with E-state index in [1.54, 1.807) is 36.1 Å². The first kappa shape index (κ1) is 20.3. The van der Waals surface area contributed by atoms with E-state index in [1.165, 1.54) is 10.9 Å². The van der Waals surface area contributed by atoms with Gasteiger partial charge in [-0.2, -0.15) is 0 Å². The monoisotopic (exact) mass is 450 g/mol. The summed E-state index contributed by atoms with van der Waals surface area (Å²) in [4.78, 5) is 33.4. The number of pyridine rings is 1. The van der Waals surface area contributed by atoms with Gasteiger partial charge in [-0.15, -0.1) is 0 Å². The Morgan fingerprint density at radius 3 is 2.53 bits per heavy atom. The van der Waals surface area contributed by atoms with E-state index in [-0.39, 0.29) is 5.56 Å². The Morgan fingerprint density at radius 2 is 1.84 bits per heavy atom. The smallest absolute Gasteiger partial charge is 0.341 e. The third kappa shape index (κ3) is 3.34. The molecule has 0 atom stereocenters. The SMILES string of the molecule is COc1cc2c(=O)c(C(=O)O)cn(C)c2cc1N1CCN(c2nc3ccccc3s2)CC1. The summed E-state index contributed by atoms with van der Waals surface area (Å²) in [5.41, 5.74) is 1.83. The standard InChI is InChI=1S/C23H22N4O4S/c1-25-13-15(22(29)30)21(28)14-11-19(31-2)18(12-17(14)25)26-7-9-27(10-8-26)23-24-16-5-3-4-6-20(16)32-23/h3-6,11-13H,7-10H2,1-2H3,(H,29,30). The molecule has 1 aliphatic heterocycles. The van der Waals surface area contributed by atoms with E-state index >= 15 is 0 Å². The summed E-state index contributed by atoms with van der Waals surface area (Å²) in [5.74, 6) is -0.674. The molecule has 9 heteroatoms. The number of carboxylic acids is 1. The minimum absolute atomic E-state index is 0.251. The number of aromatic nitrogens is 2. The van der Waals surface area contributed by atoms with Gasteiger partial charge in [-0.1, -0.05) is 23.5 Å². The number of piperazine rings is 1. The fourth-order valence-electron chi connectivity index (χ4n) is 4.19. The van der Waals surface area contributed by atoms with Crippen molar-refractivity contribution in [2.45, 2.75) is 0 Å². The number of ether oxygens (including phenoxy) is 1. The zero-order valence-electron chi connectivity index (χ0n) is 17.7. The number of aryl methyl sites for hydroxylation is 1. The third-order valence-corrected chi connectivity index (χ3v) is 6.99. The van der Waals surface area contributed by atoms with E-state index in [4.69, 9.17) is 9.72 Å². The second-order valence-corrected chi connectivity index (χ2v) is 8.78. The largest absolute Gasteiger partial charge is 0.495 e. The lowest BCUT2D eigenvalue weighted by atomic mass is 10.1. The molecule has 32 heavy (non-hydrogen) atoms. The zero-order chi connectivity index (χ0) is 22.4. The van der Waals surface area contributed by atoms with Crippen LogP contribution in [-0.2, 0) is 7.05 Å². The van der Waals surface area contributed by atoms with Crippen LogP contribution in [0.5, 0.6) is 5.75 Å². The van der Waals surface area contributed by atoms with Crippen molar-refractivity contribution in [3.8, 4) is 5.75 Å². The second kappa shape index (κ2) is 7.83. The molecule has 1 fully saturated rings. The molecule has 1 saturated heterocycles. The number of methoxy groups -OCH3 is 1. The van der Waals surface area contributed by atoms with Crippen LogP contribution in [0.3, 0.4) is 0 Å². The van der Waals surface area contributed by atoms with Crippen LogP contribution in [0.15, 0.2) is 47.4 Å². The molecule has 8 nitrogen and oxygen atoms in total. The van der Waals surface area contributed by atoms with Crippen molar-refractivity contribution in [3.05, 3.63) is 58.4 Å².